The van der Waals surface area contributed by atoms with Crippen LogP contribution in [-0.4, -0.2) is 61.5 Å². The molecule has 0 bridgehead atoms. The molecule has 4 aromatic rings. The van der Waals surface area contributed by atoms with Crippen molar-refractivity contribution in [3.63, 3.8) is 0 Å². The highest BCUT2D eigenvalue weighted by atomic mass is 19.1. The summed E-state index contributed by atoms with van der Waals surface area (Å²) in [5.41, 5.74) is -1.13. The summed E-state index contributed by atoms with van der Waals surface area (Å²) >= 11 is 0. The van der Waals surface area contributed by atoms with E-state index in [1.54, 1.807) is 47.4 Å². The molecule has 0 radical (unpaired) electrons. The Hall–Kier alpha value is -4.68. The lowest BCUT2D eigenvalue weighted by molar-refractivity contribution is -0.165. The van der Waals surface area contributed by atoms with Gasteiger partial charge in [-0.15, -0.1) is 0 Å². The zero-order valence-electron chi connectivity index (χ0n) is 25.0. The molecule has 0 saturated carbocycles. The number of benzene rings is 1. The van der Waals surface area contributed by atoms with Crippen LogP contribution in [0.5, 0.6) is 0 Å². The summed E-state index contributed by atoms with van der Waals surface area (Å²) in [6.45, 7) is 5.48. The van der Waals surface area contributed by atoms with Crippen LogP contribution in [0.2, 0.25) is 0 Å². The quantitative estimate of drug-likeness (QED) is 0.208. The molecule has 44 heavy (non-hydrogen) atoms. The van der Waals surface area contributed by atoms with Gasteiger partial charge in [0.15, 0.2) is 11.1 Å². The standard InChI is InChI=1S/C31H35F2N7O4/c1-5-22(19-7-9-20(32)10-8-19)26(37-27(41)24-13-14-35-39(24)6-2)23-16-40-25(36-23)12-11-21(38-40)15-31(29(43)44-4)17-30(3,33)18-34-28(31)42/h7-14,16,22,26H,5-6,15,17-18H2,1-4H3,(H,34,42)(H,37,41)/t22-,26?,30?,31?/m0/s1. The number of ether oxygens (including phenoxy) is 1. The van der Waals surface area contributed by atoms with Gasteiger partial charge in [0.25, 0.3) is 5.91 Å². The summed E-state index contributed by atoms with van der Waals surface area (Å²) in [4.78, 5) is 44.1. The van der Waals surface area contributed by atoms with Crippen molar-refractivity contribution in [1.82, 2.24) is 35.0 Å². The monoisotopic (exact) mass is 607 g/mol. The maximum absolute atomic E-state index is 15.1. The highest BCUT2D eigenvalue weighted by molar-refractivity contribution is 6.03. The lowest BCUT2D eigenvalue weighted by atomic mass is 9.71. The third kappa shape index (κ3) is 5.90. The number of aryl methyl sites for hydroxylation is 1. The van der Waals surface area contributed by atoms with E-state index < -0.39 is 29.0 Å². The molecular weight excluding hydrogens is 572 g/mol. The molecule has 1 aliphatic heterocycles. The predicted molar refractivity (Wildman–Crippen MR) is 156 cm³/mol. The zero-order chi connectivity index (χ0) is 31.6. The first-order valence-corrected chi connectivity index (χ1v) is 14.5. The van der Waals surface area contributed by atoms with Gasteiger partial charge < -0.3 is 15.4 Å². The molecule has 13 heteroatoms. The van der Waals surface area contributed by atoms with Crippen LogP contribution in [0.3, 0.4) is 0 Å². The van der Waals surface area contributed by atoms with Crippen molar-refractivity contribution in [2.75, 3.05) is 13.7 Å². The maximum Gasteiger partial charge on any atom is 0.321 e. The number of hydrogen-bond acceptors (Lipinski definition) is 7. The van der Waals surface area contributed by atoms with E-state index in [1.165, 1.54) is 23.6 Å². The van der Waals surface area contributed by atoms with Crippen LogP contribution in [0.25, 0.3) is 5.65 Å². The SMILES string of the molecule is CC[C@@H](c1ccc(F)cc1)C(NC(=O)c1ccnn1CC)c1cn2nc(CC3(C(=O)OC)CC(C)(F)CNC3=O)ccc2n1. The second-order valence-electron chi connectivity index (χ2n) is 11.4. The van der Waals surface area contributed by atoms with Gasteiger partial charge in [-0.05, 0) is 56.2 Å². The summed E-state index contributed by atoms with van der Waals surface area (Å²) in [6, 6.07) is 10.4. The number of amides is 2. The summed E-state index contributed by atoms with van der Waals surface area (Å²) in [7, 11) is 1.16. The molecule has 5 rings (SSSR count). The molecule has 2 amide bonds. The molecule has 11 nitrogen and oxygen atoms in total. The summed E-state index contributed by atoms with van der Waals surface area (Å²) < 4.78 is 36.9. The molecule has 4 heterocycles. The highest BCUT2D eigenvalue weighted by Crippen LogP contribution is 2.39. The van der Waals surface area contributed by atoms with Gasteiger partial charge in [-0.2, -0.15) is 10.2 Å². The summed E-state index contributed by atoms with van der Waals surface area (Å²) in [6.07, 6.45) is 3.27. The van der Waals surface area contributed by atoms with Crippen LogP contribution in [-0.2, 0) is 27.3 Å². The maximum atomic E-state index is 15.1. The fraction of sp³-hybridized carbons (Fsp3) is 0.419. The van der Waals surface area contributed by atoms with Crippen molar-refractivity contribution in [2.45, 2.75) is 64.2 Å². The Morgan fingerprint density at radius 3 is 2.59 bits per heavy atom. The number of nitrogens with zero attached hydrogens (tertiary/aromatic N) is 5. The molecule has 0 spiro atoms. The normalized spacial score (nSPS) is 21.5. The van der Waals surface area contributed by atoms with Gasteiger partial charge in [0.1, 0.15) is 17.2 Å². The topological polar surface area (TPSA) is 133 Å². The van der Waals surface area contributed by atoms with E-state index in [0.717, 1.165) is 12.7 Å². The first kappa shape index (κ1) is 30.8. The lowest BCUT2D eigenvalue weighted by Crippen LogP contribution is -2.59. The largest absolute Gasteiger partial charge is 0.468 e. The van der Waals surface area contributed by atoms with Crippen molar-refractivity contribution in [2.24, 2.45) is 5.41 Å². The number of fused-ring (bicyclic) bond motifs is 1. The van der Waals surface area contributed by atoms with E-state index in [0.29, 0.717) is 35.7 Å². The van der Waals surface area contributed by atoms with Gasteiger partial charge in [-0.3, -0.25) is 19.1 Å². The first-order valence-electron chi connectivity index (χ1n) is 14.5. The Labute approximate surface area is 253 Å². The van der Waals surface area contributed by atoms with Crippen molar-refractivity contribution in [3.05, 3.63) is 83.3 Å². The number of imidazole rings is 1. The number of methoxy groups -OCH3 is 1. The fourth-order valence-electron chi connectivity index (χ4n) is 6.02. The van der Waals surface area contributed by atoms with Crippen molar-refractivity contribution < 1.29 is 27.9 Å². The van der Waals surface area contributed by atoms with Crippen LogP contribution in [0.15, 0.2) is 54.9 Å². The molecule has 2 N–H and O–H groups in total. The van der Waals surface area contributed by atoms with Crippen LogP contribution in [0.1, 0.15) is 73.0 Å². The first-order chi connectivity index (χ1) is 21.0. The lowest BCUT2D eigenvalue weighted by Gasteiger charge is -2.39. The van der Waals surface area contributed by atoms with E-state index >= 15 is 4.39 Å². The summed E-state index contributed by atoms with van der Waals surface area (Å²) in [5, 5.41) is 14.4. The number of hydrogen-bond donors (Lipinski definition) is 2. The van der Waals surface area contributed by atoms with Gasteiger partial charge in [0.05, 0.1) is 37.3 Å². The van der Waals surface area contributed by atoms with Gasteiger partial charge in [-0.1, -0.05) is 19.1 Å². The van der Waals surface area contributed by atoms with E-state index in [2.05, 4.69) is 20.8 Å². The minimum absolute atomic E-state index is 0.192. The van der Waals surface area contributed by atoms with Crippen LogP contribution in [0, 0.1) is 11.2 Å². The van der Waals surface area contributed by atoms with E-state index in [4.69, 9.17) is 9.72 Å². The molecule has 3 aromatic heterocycles. The molecule has 1 aromatic carbocycles. The van der Waals surface area contributed by atoms with E-state index in [1.807, 2.05) is 13.8 Å². The summed E-state index contributed by atoms with van der Waals surface area (Å²) in [5.74, 6) is -2.46. The zero-order valence-corrected chi connectivity index (χ0v) is 25.0. The fourth-order valence-corrected chi connectivity index (χ4v) is 6.02. The van der Waals surface area contributed by atoms with Gasteiger partial charge in [0, 0.05) is 31.5 Å². The number of esters is 1. The number of halogens is 2. The number of piperidine rings is 1. The third-order valence-corrected chi connectivity index (χ3v) is 8.17. The minimum Gasteiger partial charge on any atom is -0.468 e. The second-order valence-corrected chi connectivity index (χ2v) is 11.4. The van der Waals surface area contributed by atoms with Gasteiger partial charge >= 0.3 is 5.97 Å². The van der Waals surface area contributed by atoms with Crippen LogP contribution < -0.4 is 10.6 Å². The number of rotatable bonds is 10. The Balaban J connectivity index is 1.53. The van der Waals surface area contributed by atoms with Gasteiger partial charge in [0.2, 0.25) is 5.91 Å². The number of carbonyl (C=O) groups excluding carboxylic acids is 3. The number of alkyl halides is 1. The molecule has 1 fully saturated rings. The molecule has 3 unspecified atom stereocenters. The Morgan fingerprint density at radius 1 is 1.16 bits per heavy atom. The molecule has 4 atom stereocenters. The van der Waals surface area contributed by atoms with Crippen molar-refractivity contribution in [3.8, 4) is 0 Å². The smallest absolute Gasteiger partial charge is 0.321 e. The molecule has 1 aliphatic rings. The predicted octanol–water partition coefficient (Wildman–Crippen LogP) is 3.70. The highest BCUT2D eigenvalue weighted by Gasteiger charge is 2.55. The average molecular weight is 608 g/mol. The third-order valence-electron chi connectivity index (χ3n) is 8.17. The number of nitrogens with one attached hydrogen (secondary N) is 2. The molecule has 1 saturated heterocycles. The Morgan fingerprint density at radius 2 is 1.91 bits per heavy atom. The Bertz CT molecular complexity index is 1670. The van der Waals surface area contributed by atoms with E-state index in [-0.39, 0.29) is 37.0 Å². The minimum atomic E-state index is -1.82. The van der Waals surface area contributed by atoms with Crippen molar-refractivity contribution >= 4 is 23.4 Å². The van der Waals surface area contributed by atoms with Crippen LogP contribution in [0.4, 0.5) is 8.78 Å². The Kier molecular flexibility index (Phi) is 8.49. The van der Waals surface area contributed by atoms with Crippen LogP contribution >= 0.6 is 0 Å². The molecule has 232 valence electrons. The molecular formula is C31H35F2N7O4. The van der Waals surface area contributed by atoms with Gasteiger partial charge in [-0.25, -0.2) is 18.3 Å². The average Bonchev–Trinajstić information content (AvgIpc) is 3.66. The molecule has 0 aliphatic carbocycles. The second kappa shape index (κ2) is 12.1. The van der Waals surface area contributed by atoms with Crippen molar-refractivity contribution in [1.29, 1.82) is 0 Å². The number of aromatic nitrogens is 5. The van der Waals surface area contributed by atoms with E-state index in [9.17, 15) is 18.8 Å². The number of carbonyl (C=O) groups is 3.